The summed E-state index contributed by atoms with van der Waals surface area (Å²) in [6, 6.07) is 9.43. The Labute approximate surface area is 216 Å². The zero-order chi connectivity index (χ0) is 26.0. The van der Waals surface area contributed by atoms with Gasteiger partial charge in [0.1, 0.15) is 11.5 Å². The van der Waals surface area contributed by atoms with E-state index in [4.69, 9.17) is 4.98 Å². The van der Waals surface area contributed by atoms with Crippen LogP contribution in [0.5, 0.6) is 0 Å². The second-order valence-corrected chi connectivity index (χ2v) is 10.5. The van der Waals surface area contributed by atoms with Gasteiger partial charge in [0.15, 0.2) is 5.78 Å². The highest BCUT2D eigenvalue weighted by Crippen LogP contribution is 2.23. The van der Waals surface area contributed by atoms with Gasteiger partial charge < -0.3 is 10.2 Å². The lowest BCUT2D eigenvalue weighted by Crippen LogP contribution is -2.26. The largest absolute Gasteiger partial charge is 0.364 e. The predicted molar refractivity (Wildman–Crippen MR) is 146 cm³/mol. The first-order valence-corrected chi connectivity index (χ1v) is 12.5. The number of Topliss-reactive ketones (excluding diaryl/α,β-unsaturated/α-hetero) is 1. The molecule has 37 heavy (non-hydrogen) atoms. The van der Waals surface area contributed by atoms with E-state index in [-0.39, 0.29) is 17.7 Å². The van der Waals surface area contributed by atoms with E-state index >= 15 is 0 Å². The highest BCUT2D eigenvalue weighted by molar-refractivity contribution is 5.98. The first kappa shape index (κ1) is 24.6. The molecule has 0 spiro atoms. The molecule has 0 aliphatic carbocycles. The summed E-state index contributed by atoms with van der Waals surface area (Å²) in [6.07, 6.45) is 10.2. The van der Waals surface area contributed by atoms with Crippen molar-refractivity contribution in [3.63, 3.8) is 0 Å². The number of carbonyl (C=O) groups is 1. The van der Waals surface area contributed by atoms with Gasteiger partial charge in [0.2, 0.25) is 0 Å². The van der Waals surface area contributed by atoms with Crippen LogP contribution in [-0.4, -0.2) is 61.3 Å². The Morgan fingerprint density at radius 3 is 2.65 bits per heavy atom. The number of ketones is 1. The van der Waals surface area contributed by atoms with Gasteiger partial charge in [-0.1, -0.05) is 6.08 Å². The Morgan fingerprint density at radius 2 is 1.86 bits per heavy atom. The minimum atomic E-state index is -0.128. The van der Waals surface area contributed by atoms with Crippen molar-refractivity contribution in [2.75, 3.05) is 25.5 Å². The van der Waals surface area contributed by atoms with E-state index in [9.17, 15) is 4.79 Å². The summed E-state index contributed by atoms with van der Waals surface area (Å²) >= 11 is 0. The van der Waals surface area contributed by atoms with Gasteiger partial charge in [-0.2, -0.15) is 0 Å². The molecule has 1 N–H and O–H groups in total. The zero-order valence-corrected chi connectivity index (χ0v) is 21.7. The van der Waals surface area contributed by atoms with Crippen LogP contribution in [0.2, 0.25) is 0 Å². The minimum Gasteiger partial charge on any atom is -0.364 e. The van der Waals surface area contributed by atoms with Crippen LogP contribution in [0.25, 0.3) is 27.9 Å². The van der Waals surface area contributed by atoms with Gasteiger partial charge in [0.05, 0.1) is 41.4 Å². The molecule has 0 fully saturated rings. The van der Waals surface area contributed by atoms with Crippen LogP contribution in [0.15, 0.2) is 61.2 Å². The van der Waals surface area contributed by atoms with Crippen LogP contribution in [0.3, 0.4) is 0 Å². The van der Waals surface area contributed by atoms with Gasteiger partial charge in [0, 0.05) is 42.0 Å². The van der Waals surface area contributed by atoms with E-state index in [0.29, 0.717) is 28.5 Å². The van der Waals surface area contributed by atoms with Crippen molar-refractivity contribution in [3.05, 3.63) is 78.1 Å². The molecule has 0 aromatic carbocycles. The van der Waals surface area contributed by atoms with Crippen molar-refractivity contribution in [2.45, 2.75) is 39.2 Å². The van der Waals surface area contributed by atoms with Crippen LogP contribution < -0.4 is 5.32 Å². The standard InChI is InChI=1S/C29H31N7O/c1-29(2,3)35-28-18-30-17-26(34-28)23-6-5-21-16-32-22(14-25(21)33-23)15-27(37)20-7-10-31-24(13-20)19-8-11-36(4)12-9-19/h5-8,10,13-14,16-18H,9,11-12,15H2,1-4H3,(H,34,35). The fourth-order valence-corrected chi connectivity index (χ4v) is 4.28. The number of nitrogens with zero attached hydrogens (tertiary/aromatic N) is 6. The third-order valence-electron chi connectivity index (χ3n) is 6.20. The number of nitrogens with one attached hydrogen (secondary N) is 1. The Bertz CT molecular complexity index is 1490. The molecule has 0 bridgehead atoms. The maximum absolute atomic E-state index is 13.1. The maximum Gasteiger partial charge on any atom is 0.168 e. The van der Waals surface area contributed by atoms with Crippen molar-refractivity contribution >= 4 is 28.1 Å². The molecular formula is C29H31N7O. The molecule has 0 unspecified atom stereocenters. The van der Waals surface area contributed by atoms with Gasteiger partial charge in [-0.05, 0) is 70.1 Å². The van der Waals surface area contributed by atoms with Gasteiger partial charge in [-0.3, -0.25) is 19.7 Å². The molecule has 8 heteroatoms. The van der Waals surface area contributed by atoms with E-state index in [1.165, 1.54) is 5.57 Å². The van der Waals surface area contributed by atoms with Crippen molar-refractivity contribution in [1.82, 2.24) is 29.8 Å². The molecule has 1 aliphatic rings. The average molecular weight is 494 g/mol. The van der Waals surface area contributed by atoms with E-state index in [1.54, 1.807) is 30.9 Å². The lowest BCUT2D eigenvalue weighted by molar-refractivity contribution is 0.0992. The zero-order valence-electron chi connectivity index (χ0n) is 21.7. The molecule has 0 saturated carbocycles. The summed E-state index contributed by atoms with van der Waals surface area (Å²) in [5.41, 5.74) is 5.42. The molecule has 4 aromatic rings. The number of hydrogen-bond donors (Lipinski definition) is 1. The molecule has 8 nitrogen and oxygen atoms in total. The third-order valence-corrected chi connectivity index (χ3v) is 6.20. The highest BCUT2D eigenvalue weighted by atomic mass is 16.1. The smallest absolute Gasteiger partial charge is 0.168 e. The minimum absolute atomic E-state index is 0.00649. The summed E-state index contributed by atoms with van der Waals surface area (Å²) in [5, 5.41) is 4.24. The van der Waals surface area contributed by atoms with Gasteiger partial charge in [-0.15, -0.1) is 0 Å². The fourth-order valence-electron chi connectivity index (χ4n) is 4.28. The van der Waals surface area contributed by atoms with Crippen LogP contribution in [0.1, 0.15) is 48.9 Å². The number of fused-ring (bicyclic) bond motifs is 1. The number of hydrogen-bond acceptors (Lipinski definition) is 8. The predicted octanol–water partition coefficient (Wildman–Crippen LogP) is 4.84. The average Bonchev–Trinajstić information content (AvgIpc) is 2.88. The normalized spacial score (nSPS) is 14.4. The molecule has 0 amide bonds. The van der Waals surface area contributed by atoms with Gasteiger partial charge >= 0.3 is 0 Å². The van der Waals surface area contributed by atoms with Crippen molar-refractivity contribution in [3.8, 4) is 11.4 Å². The van der Waals surface area contributed by atoms with E-state index in [2.05, 4.69) is 64.0 Å². The Balaban J connectivity index is 1.37. The summed E-state index contributed by atoms with van der Waals surface area (Å²) in [5.74, 6) is 0.702. The van der Waals surface area contributed by atoms with Gasteiger partial charge in [0.25, 0.3) is 0 Å². The SMILES string of the molecule is CN1CC=C(c2cc(C(=O)Cc3cc4nc(-c5cncc(NC(C)(C)C)n5)ccc4cn3)ccn2)CC1. The summed E-state index contributed by atoms with van der Waals surface area (Å²) in [7, 11) is 2.10. The Hall–Kier alpha value is -4.04. The molecule has 1 aliphatic heterocycles. The second-order valence-electron chi connectivity index (χ2n) is 10.5. The van der Waals surface area contributed by atoms with E-state index in [0.717, 1.165) is 36.1 Å². The first-order chi connectivity index (χ1) is 17.7. The van der Waals surface area contributed by atoms with Crippen molar-refractivity contribution in [1.29, 1.82) is 0 Å². The lowest BCUT2D eigenvalue weighted by atomic mass is 10.0. The molecule has 188 valence electrons. The molecule has 0 radical (unpaired) electrons. The van der Waals surface area contributed by atoms with E-state index in [1.807, 2.05) is 24.3 Å². The first-order valence-electron chi connectivity index (χ1n) is 12.5. The number of aromatic nitrogens is 5. The molecule has 4 aromatic heterocycles. The second kappa shape index (κ2) is 10.1. The van der Waals surface area contributed by atoms with Crippen LogP contribution in [-0.2, 0) is 6.42 Å². The molecule has 0 atom stereocenters. The molecule has 5 rings (SSSR count). The number of rotatable bonds is 6. The molecular weight excluding hydrogens is 462 g/mol. The van der Waals surface area contributed by atoms with E-state index < -0.39 is 0 Å². The number of pyridine rings is 3. The molecule has 0 saturated heterocycles. The quantitative estimate of drug-likeness (QED) is 0.381. The summed E-state index contributed by atoms with van der Waals surface area (Å²) in [4.78, 5) is 38.2. The summed E-state index contributed by atoms with van der Waals surface area (Å²) in [6.45, 7) is 8.11. The number of carbonyl (C=O) groups excluding carboxylic acids is 1. The van der Waals surface area contributed by atoms with Crippen LogP contribution >= 0.6 is 0 Å². The third kappa shape index (κ3) is 6.03. The number of likely N-dealkylation sites (N-methyl/N-ethyl adjacent to an activating group) is 1. The van der Waals surface area contributed by atoms with Gasteiger partial charge in [-0.25, -0.2) is 9.97 Å². The number of anilines is 1. The lowest BCUT2D eigenvalue weighted by Gasteiger charge is -2.21. The van der Waals surface area contributed by atoms with Crippen LogP contribution in [0.4, 0.5) is 5.82 Å². The Morgan fingerprint density at radius 1 is 1.00 bits per heavy atom. The molecule has 5 heterocycles. The topological polar surface area (TPSA) is 96.8 Å². The fraction of sp³-hybridized carbons (Fsp3) is 0.310. The Kier molecular flexibility index (Phi) is 6.76. The maximum atomic E-state index is 13.1. The van der Waals surface area contributed by atoms with Crippen molar-refractivity contribution < 1.29 is 4.79 Å². The van der Waals surface area contributed by atoms with Crippen LogP contribution in [0, 0.1) is 0 Å². The van der Waals surface area contributed by atoms with Crippen molar-refractivity contribution in [2.24, 2.45) is 0 Å². The monoisotopic (exact) mass is 493 g/mol. The highest BCUT2D eigenvalue weighted by Gasteiger charge is 2.15. The summed E-state index contributed by atoms with van der Waals surface area (Å²) < 4.78 is 0.